The van der Waals surface area contributed by atoms with Crippen LogP contribution in [-0.4, -0.2) is 120 Å². The molecule has 0 radical (unpaired) electrons. The Kier molecular flexibility index (Phi) is 12.4. The van der Waals surface area contributed by atoms with Crippen LogP contribution in [0.25, 0.3) is 0 Å². The number of likely N-dealkylation sites (tertiary alicyclic amines) is 1. The highest BCUT2D eigenvalue weighted by atomic mass is 32.2. The molecule has 1 aromatic carbocycles. The van der Waals surface area contributed by atoms with Gasteiger partial charge in [-0.3, -0.25) is 24.0 Å². The molecule has 16 heteroatoms. The Morgan fingerprint density at radius 2 is 1.71 bits per heavy atom. The summed E-state index contributed by atoms with van der Waals surface area (Å²) in [6.45, 7) is 8.09. The maximum absolute atomic E-state index is 14.6. The number of amides is 5. The lowest BCUT2D eigenvalue weighted by Crippen LogP contribution is -2.58. The quantitative estimate of drug-likeness (QED) is 0.339. The molecule has 318 valence electrons. The van der Waals surface area contributed by atoms with Gasteiger partial charge in [0.1, 0.15) is 29.3 Å². The summed E-state index contributed by atoms with van der Waals surface area (Å²) in [5.74, 6) is -2.45. The van der Waals surface area contributed by atoms with E-state index in [4.69, 9.17) is 9.47 Å². The van der Waals surface area contributed by atoms with Gasteiger partial charge in [0.05, 0.1) is 17.8 Å². The van der Waals surface area contributed by atoms with Crippen LogP contribution in [0.15, 0.2) is 36.4 Å². The number of rotatable bonds is 7. The first-order valence-corrected chi connectivity index (χ1v) is 22.8. The molecule has 0 bridgehead atoms. The Balaban J connectivity index is 1.15. The summed E-state index contributed by atoms with van der Waals surface area (Å²) in [5.41, 5.74) is -0.0718. The van der Waals surface area contributed by atoms with Gasteiger partial charge in [-0.15, -0.1) is 0 Å². The lowest BCUT2D eigenvalue weighted by atomic mass is 9.92. The highest BCUT2D eigenvalue weighted by Gasteiger charge is 2.62. The zero-order valence-corrected chi connectivity index (χ0v) is 34.9. The molecule has 15 nitrogen and oxygen atoms in total. The van der Waals surface area contributed by atoms with Gasteiger partial charge in [0, 0.05) is 25.4 Å². The number of benzene rings is 1. The number of allylic oxidation sites excluding steroid dienone is 1. The van der Waals surface area contributed by atoms with Crippen molar-refractivity contribution in [3.63, 3.8) is 0 Å². The van der Waals surface area contributed by atoms with Crippen molar-refractivity contribution in [3.8, 4) is 0 Å². The first-order valence-electron chi connectivity index (χ1n) is 21.3. The van der Waals surface area contributed by atoms with Crippen molar-refractivity contribution in [3.05, 3.63) is 47.5 Å². The molecule has 4 fully saturated rings. The SMILES string of the molecule is CC(C)(C)OC(=O)N[C@H]1CCCCC/C=C\[C@H]2C[C@@]2(C(=O)NS(=O)(=O)C2CC2)NC(=O)[C@@H]2C[C@@H](OC(=O)N3CCc4ccccc4C3CN3CCCCC3)CN2C1=O. The van der Waals surface area contributed by atoms with E-state index < -0.39 is 80.4 Å². The van der Waals surface area contributed by atoms with E-state index in [0.29, 0.717) is 45.2 Å². The summed E-state index contributed by atoms with van der Waals surface area (Å²) in [5, 5.41) is 4.97. The van der Waals surface area contributed by atoms with E-state index >= 15 is 0 Å². The number of nitrogens with zero attached hydrogens (tertiary/aromatic N) is 3. The van der Waals surface area contributed by atoms with E-state index in [1.807, 2.05) is 24.3 Å². The molecule has 3 N–H and O–H groups in total. The monoisotopic (exact) mass is 824 g/mol. The van der Waals surface area contributed by atoms with Crippen molar-refractivity contribution in [2.45, 2.75) is 145 Å². The van der Waals surface area contributed by atoms with Crippen LogP contribution in [0.5, 0.6) is 0 Å². The smallest absolute Gasteiger partial charge is 0.410 e. The van der Waals surface area contributed by atoms with E-state index in [1.54, 1.807) is 25.7 Å². The lowest BCUT2D eigenvalue weighted by Gasteiger charge is -2.40. The van der Waals surface area contributed by atoms with Gasteiger partial charge >= 0.3 is 12.2 Å². The number of alkyl carbamates (subject to hydrolysis) is 1. The number of fused-ring (bicyclic) bond motifs is 3. The molecule has 2 aliphatic carbocycles. The Morgan fingerprint density at radius 3 is 2.45 bits per heavy atom. The van der Waals surface area contributed by atoms with Crippen molar-refractivity contribution in [1.29, 1.82) is 0 Å². The summed E-state index contributed by atoms with van der Waals surface area (Å²) < 4.78 is 39.7. The molecule has 6 atom stereocenters. The van der Waals surface area contributed by atoms with Gasteiger partial charge < -0.3 is 29.9 Å². The van der Waals surface area contributed by atoms with Crippen LogP contribution >= 0.6 is 0 Å². The molecule has 4 heterocycles. The Bertz CT molecular complexity index is 1870. The maximum atomic E-state index is 14.6. The van der Waals surface area contributed by atoms with Crippen LogP contribution in [0.1, 0.15) is 115 Å². The average Bonchev–Trinajstić information content (AvgIpc) is 4.10. The first-order chi connectivity index (χ1) is 27.6. The van der Waals surface area contributed by atoms with Crippen molar-refractivity contribution in [2.24, 2.45) is 5.92 Å². The van der Waals surface area contributed by atoms with Crippen molar-refractivity contribution in [1.82, 2.24) is 30.1 Å². The molecule has 0 spiro atoms. The van der Waals surface area contributed by atoms with Crippen molar-refractivity contribution in [2.75, 3.05) is 32.7 Å². The van der Waals surface area contributed by atoms with Crippen molar-refractivity contribution >= 4 is 39.9 Å². The second-order valence-electron chi connectivity index (χ2n) is 18.0. The van der Waals surface area contributed by atoms with E-state index in [9.17, 15) is 32.4 Å². The van der Waals surface area contributed by atoms with E-state index in [2.05, 4.69) is 32.4 Å². The molecule has 2 saturated heterocycles. The number of nitrogens with one attached hydrogen (secondary N) is 3. The minimum atomic E-state index is -3.91. The van der Waals surface area contributed by atoms with Gasteiger partial charge in [-0.25, -0.2) is 18.0 Å². The van der Waals surface area contributed by atoms with E-state index in [1.165, 1.54) is 16.9 Å². The molecule has 1 unspecified atom stereocenters. The first kappa shape index (κ1) is 42.0. The molecule has 4 aliphatic heterocycles. The van der Waals surface area contributed by atoms with Crippen LogP contribution in [0, 0.1) is 5.92 Å². The fraction of sp³-hybridized carbons (Fsp3) is 0.690. The fourth-order valence-corrected chi connectivity index (χ4v) is 10.3. The number of ether oxygens (including phenoxy) is 2. The average molecular weight is 825 g/mol. The third-order valence-electron chi connectivity index (χ3n) is 12.3. The highest BCUT2D eigenvalue weighted by Crippen LogP contribution is 2.46. The summed E-state index contributed by atoms with van der Waals surface area (Å²) in [6, 6.07) is 5.71. The van der Waals surface area contributed by atoms with E-state index in [-0.39, 0.29) is 31.8 Å². The van der Waals surface area contributed by atoms with Gasteiger partial charge in [0.15, 0.2) is 0 Å². The highest BCUT2D eigenvalue weighted by molar-refractivity contribution is 7.91. The van der Waals surface area contributed by atoms with Gasteiger partial charge in [-0.1, -0.05) is 55.7 Å². The Labute approximate surface area is 342 Å². The normalized spacial score (nSPS) is 30.3. The number of carbonyl (C=O) groups excluding carboxylic acids is 5. The molecule has 5 amide bonds. The minimum Gasteiger partial charge on any atom is -0.444 e. The Hall–Kier alpha value is -4.18. The summed E-state index contributed by atoms with van der Waals surface area (Å²) in [4.78, 5) is 75.6. The molecule has 6 aliphatic rings. The third kappa shape index (κ3) is 9.81. The summed E-state index contributed by atoms with van der Waals surface area (Å²) in [6.07, 6.45) is 9.85. The molecule has 1 aromatic rings. The fourth-order valence-electron chi connectivity index (χ4n) is 8.96. The number of hydrogen-bond acceptors (Lipinski definition) is 10. The predicted octanol–water partition coefficient (Wildman–Crippen LogP) is 4.07. The van der Waals surface area contributed by atoms with Crippen molar-refractivity contribution < 1.29 is 41.9 Å². The summed E-state index contributed by atoms with van der Waals surface area (Å²) >= 11 is 0. The topological polar surface area (TPSA) is 184 Å². The lowest BCUT2D eigenvalue weighted by molar-refractivity contribution is -0.141. The van der Waals surface area contributed by atoms with Gasteiger partial charge in [-0.2, -0.15) is 0 Å². The van der Waals surface area contributed by atoms with Crippen LogP contribution < -0.4 is 15.4 Å². The standard InChI is InChI=1S/C42H60N6O9S/c1-41(2,3)57-39(52)43-33-17-9-6-4-5-8-15-29-25-42(29,38(51)45-58(54,55)31-18-19-31)44-36(49)34-24-30(26-48(34)37(33)50)56-40(53)47-23-20-28-14-10-11-16-32(28)35(47)27-46-21-12-7-13-22-46/h8,10-11,14-16,29-31,33-35H,4-7,9,12-13,17-27H2,1-3H3,(H,43,52)(H,44,49)(H,45,51)/b15-8-/t29-,30+,33-,34-,35?,42+/m0/s1. The minimum absolute atomic E-state index is 0.0533. The molecule has 0 aromatic heterocycles. The number of carbonyl (C=O) groups is 5. The number of sulfonamides is 1. The zero-order valence-electron chi connectivity index (χ0n) is 34.1. The van der Waals surface area contributed by atoms with Gasteiger partial charge in [0.2, 0.25) is 21.8 Å². The maximum Gasteiger partial charge on any atom is 0.410 e. The predicted molar refractivity (Wildman–Crippen MR) is 215 cm³/mol. The summed E-state index contributed by atoms with van der Waals surface area (Å²) in [7, 11) is -3.91. The van der Waals surface area contributed by atoms with Crippen LogP contribution in [0.3, 0.4) is 0 Å². The van der Waals surface area contributed by atoms with Crippen LogP contribution in [0.4, 0.5) is 9.59 Å². The van der Waals surface area contributed by atoms with Crippen LogP contribution in [0.2, 0.25) is 0 Å². The number of piperidine rings is 1. The second-order valence-corrected chi connectivity index (χ2v) is 19.9. The van der Waals surface area contributed by atoms with Gasteiger partial charge in [-0.05, 0) is 103 Å². The molecule has 7 rings (SSSR count). The largest absolute Gasteiger partial charge is 0.444 e. The molecule has 2 saturated carbocycles. The molecular weight excluding hydrogens is 765 g/mol. The Morgan fingerprint density at radius 1 is 0.966 bits per heavy atom. The van der Waals surface area contributed by atoms with E-state index in [0.717, 1.165) is 44.3 Å². The third-order valence-corrected chi connectivity index (χ3v) is 14.1. The molecular formula is C42H60N6O9S. The number of hydrogen-bond donors (Lipinski definition) is 3. The second kappa shape index (κ2) is 17.2. The zero-order chi connectivity index (χ0) is 41.2. The van der Waals surface area contributed by atoms with Gasteiger partial charge in [0.25, 0.3) is 5.91 Å². The molecule has 58 heavy (non-hydrogen) atoms. The van der Waals surface area contributed by atoms with Crippen LogP contribution in [-0.2, 0) is 40.3 Å².